The number of aliphatic hydroxyl groups is 1. The highest BCUT2D eigenvalue weighted by Gasteiger charge is 2.75. The van der Waals surface area contributed by atoms with E-state index in [0.717, 1.165) is 44.6 Å². The lowest BCUT2D eigenvalue weighted by molar-refractivity contribution is -0.272. The van der Waals surface area contributed by atoms with E-state index in [1.807, 2.05) is 0 Å². The van der Waals surface area contributed by atoms with E-state index in [2.05, 4.69) is 33.8 Å². The molecular weight excluding hydrogens is 386 g/mol. The van der Waals surface area contributed by atoms with E-state index in [1.165, 1.54) is 25.7 Å². The van der Waals surface area contributed by atoms with Gasteiger partial charge in [0.15, 0.2) is 5.79 Å². The maximum Gasteiger partial charge on any atom is 0.173 e. The van der Waals surface area contributed by atoms with Crippen LogP contribution in [0.25, 0.3) is 0 Å². The number of aliphatic hydroxyl groups excluding tert-OH is 1. The number of fused-ring (bicyclic) bond motifs is 7. The molecule has 0 bridgehead atoms. The first-order valence-electron chi connectivity index (χ1n) is 13.1. The van der Waals surface area contributed by atoms with Gasteiger partial charge < -0.3 is 20.3 Å². The van der Waals surface area contributed by atoms with Crippen molar-refractivity contribution in [2.45, 2.75) is 109 Å². The highest BCUT2D eigenvalue weighted by atomic mass is 16.7. The lowest BCUT2D eigenvalue weighted by atomic mass is 9.46. The van der Waals surface area contributed by atoms with Gasteiger partial charge in [0.1, 0.15) is 0 Å². The first kappa shape index (κ1) is 21.1. The van der Waals surface area contributed by atoms with E-state index in [1.54, 1.807) is 5.57 Å². The number of rotatable bonds is 0. The minimum Gasteiger partial charge on any atom is -0.393 e. The zero-order valence-electron chi connectivity index (χ0n) is 20.0. The summed E-state index contributed by atoms with van der Waals surface area (Å²) in [6, 6.07) is 0. The molecule has 0 aromatic heterocycles. The van der Waals surface area contributed by atoms with Crippen LogP contribution in [0.15, 0.2) is 11.6 Å². The standard InChI is InChI=1S/C27H43NO3/c1-16-7-12-26(30-15-16)17(2)27(28)23(31-26)14-22-20-6-5-18-13-19(29)8-10-24(18,3)21(20)9-11-25(22,27)4/h5,16-17,19-23,29H,6-15,28H2,1-4H3/t16-,17-,19?,20?,21+,22+,23+,24?,25?,26-,27-/m1/s1. The SMILES string of the molecule is C[C@@H]1CC[C@@]2(OC1)O[C@H]1C[C@H]3C4CC=C5CC(O)CCC5(C)[C@H]4CCC3(C)[C@@]1(N)[C@@H]2C. The highest BCUT2D eigenvalue weighted by molar-refractivity contribution is 5.29. The van der Waals surface area contributed by atoms with Crippen molar-refractivity contribution in [3.05, 3.63) is 11.6 Å². The van der Waals surface area contributed by atoms with Crippen molar-refractivity contribution in [2.75, 3.05) is 6.61 Å². The number of hydrogen-bond acceptors (Lipinski definition) is 4. The Bertz CT molecular complexity index is 787. The van der Waals surface area contributed by atoms with Crippen molar-refractivity contribution < 1.29 is 14.6 Å². The topological polar surface area (TPSA) is 64.7 Å². The van der Waals surface area contributed by atoms with Gasteiger partial charge in [-0.05, 0) is 85.9 Å². The molecule has 2 aliphatic heterocycles. The summed E-state index contributed by atoms with van der Waals surface area (Å²) in [5, 5.41) is 10.3. The Morgan fingerprint density at radius 2 is 1.87 bits per heavy atom. The summed E-state index contributed by atoms with van der Waals surface area (Å²) in [6.45, 7) is 10.4. The molecule has 4 unspecified atom stereocenters. The molecule has 0 amide bonds. The summed E-state index contributed by atoms with van der Waals surface area (Å²) in [4.78, 5) is 0. The summed E-state index contributed by atoms with van der Waals surface area (Å²) in [7, 11) is 0. The Labute approximate surface area is 188 Å². The number of ether oxygens (including phenoxy) is 2. The van der Waals surface area contributed by atoms with E-state index in [0.29, 0.717) is 17.8 Å². The molecule has 5 fully saturated rings. The van der Waals surface area contributed by atoms with Gasteiger partial charge in [-0.1, -0.05) is 39.3 Å². The van der Waals surface area contributed by atoms with Crippen LogP contribution in [0.3, 0.4) is 0 Å². The highest BCUT2D eigenvalue weighted by Crippen LogP contribution is 2.71. The van der Waals surface area contributed by atoms with E-state index in [4.69, 9.17) is 15.2 Å². The predicted octanol–water partition coefficient (Wildman–Crippen LogP) is 4.80. The first-order valence-corrected chi connectivity index (χ1v) is 13.1. The molecule has 0 aromatic rings. The van der Waals surface area contributed by atoms with Crippen LogP contribution in [0.4, 0.5) is 0 Å². The third-order valence-corrected chi connectivity index (χ3v) is 11.8. The molecular formula is C27H43NO3. The minimum absolute atomic E-state index is 0.115. The summed E-state index contributed by atoms with van der Waals surface area (Å²) in [5.74, 6) is 2.46. The van der Waals surface area contributed by atoms with Crippen LogP contribution in [0.5, 0.6) is 0 Å². The molecule has 1 spiro atoms. The van der Waals surface area contributed by atoms with Crippen LogP contribution in [-0.4, -0.2) is 35.2 Å². The Kier molecular flexibility index (Phi) is 4.49. The maximum atomic E-state index is 10.3. The lowest BCUT2D eigenvalue weighted by Gasteiger charge is -2.60. The molecule has 4 heteroatoms. The zero-order chi connectivity index (χ0) is 21.8. The Balaban J connectivity index is 1.32. The zero-order valence-corrected chi connectivity index (χ0v) is 20.0. The van der Waals surface area contributed by atoms with Gasteiger partial charge in [0, 0.05) is 12.3 Å². The van der Waals surface area contributed by atoms with E-state index in [-0.39, 0.29) is 34.5 Å². The molecule has 174 valence electrons. The Hall–Kier alpha value is -0.420. The van der Waals surface area contributed by atoms with Gasteiger partial charge in [0.05, 0.1) is 24.4 Å². The molecule has 0 radical (unpaired) electrons. The first-order chi connectivity index (χ1) is 14.6. The van der Waals surface area contributed by atoms with Crippen molar-refractivity contribution in [1.29, 1.82) is 0 Å². The molecule has 2 heterocycles. The second-order valence-electron chi connectivity index (χ2n) is 12.9. The van der Waals surface area contributed by atoms with Gasteiger partial charge in [-0.3, -0.25) is 0 Å². The van der Waals surface area contributed by atoms with Gasteiger partial charge >= 0.3 is 0 Å². The predicted molar refractivity (Wildman–Crippen MR) is 121 cm³/mol. The van der Waals surface area contributed by atoms with Gasteiger partial charge in [0.25, 0.3) is 0 Å². The second-order valence-corrected chi connectivity index (χ2v) is 12.9. The normalized spacial score (nSPS) is 60.7. The van der Waals surface area contributed by atoms with E-state index in [9.17, 15) is 5.11 Å². The monoisotopic (exact) mass is 429 g/mol. The quantitative estimate of drug-likeness (QED) is 0.543. The Morgan fingerprint density at radius 1 is 1.06 bits per heavy atom. The Morgan fingerprint density at radius 3 is 2.61 bits per heavy atom. The average molecular weight is 430 g/mol. The smallest absolute Gasteiger partial charge is 0.173 e. The van der Waals surface area contributed by atoms with E-state index >= 15 is 0 Å². The third-order valence-electron chi connectivity index (χ3n) is 11.8. The molecule has 4 nitrogen and oxygen atoms in total. The molecule has 6 rings (SSSR count). The van der Waals surface area contributed by atoms with Gasteiger partial charge in [-0.15, -0.1) is 0 Å². The average Bonchev–Trinajstić information content (AvgIpc) is 3.09. The minimum atomic E-state index is -0.456. The van der Waals surface area contributed by atoms with Crippen molar-refractivity contribution >= 4 is 0 Å². The molecule has 31 heavy (non-hydrogen) atoms. The van der Waals surface area contributed by atoms with Crippen LogP contribution < -0.4 is 5.73 Å². The van der Waals surface area contributed by atoms with Crippen molar-refractivity contribution in [3.8, 4) is 0 Å². The molecule has 4 aliphatic carbocycles. The van der Waals surface area contributed by atoms with Crippen molar-refractivity contribution in [1.82, 2.24) is 0 Å². The fraction of sp³-hybridized carbons (Fsp3) is 0.926. The van der Waals surface area contributed by atoms with Gasteiger partial charge in [0.2, 0.25) is 0 Å². The summed E-state index contributed by atoms with van der Waals surface area (Å²) in [6.07, 6.45) is 12.4. The van der Waals surface area contributed by atoms with Crippen LogP contribution in [0.2, 0.25) is 0 Å². The summed E-state index contributed by atoms with van der Waals surface area (Å²) in [5.41, 5.74) is 9.13. The fourth-order valence-corrected chi connectivity index (χ4v) is 9.67. The molecule has 3 saturated carbocycles. The largest absolute Gasteiger partial charge is 0.393 e. The molecule has 2 saturated heterocycles. The number of hydrogen-bond donors (Lipinski definition) is 2. The van der Waals surface area contributed by atoms with Crippen molar-refractivity contribution in [3.63, 3.8) is 0 Å². The maximum absolute atomic E-state index is 10.3. The third kappa shape index (κ3) is 2.52. The number of nitrogens with two attached hydrogens (primary N) is 1. The van der Waals surface area contributed by atoms with Crippen LogP contribution >= 0.6 is 0 Å². The van der Waals surface area contributed by atoms with E-state index < -0.39 is 5.79 Å². The molecule has 3 N–H and O–H groups in total. The summed E-state index contributed by atoms with van der Waals surface area (Å²) < 4.78 is 13.3. The van der Waals surface area contributed by atoms with Gasteiger partial charge in [-0.25, -0.2) is 0 Å². The summed E-state index contributed by atoms with van der Waals surface area (Å²) >= 11 is 0. The molecule has 11 atom stereocenters. The molecule has 6 aliphatic rings. The van der Waals surface area contributed by atoms with Crippen LogP contribution in [0.1, 0.15) is 85.5 Å². The lowest BCUT2D eigenvalue weighted by Crippen LogP contribution is -2.64. The van der Waals surface area contributed by atoms with Crippen molar-refractivity contribution in [2.24, 2.45) is 46.2 Å². The fourth-order valence-electron chi connectivity index (χ4n) is 9.67. The number of allylic oxidation sites excluding steroid dienone is 1. The van der Waals surface area contributed by atoms with Crippen LogP contribution in [-0.2, 0) is 9.47 Å². The second kappa shape index (κ2) is 6.58. The van der Waals surface area contributed by atoms with Gasteiger partial charge in [-0.2, -0.15) is 0 Å². The van der Waals surface area contributed by atoms with Crippen LogP contribution in [0, 0.1) is 40.4 Å². The molecule has 0 aromatic carbocycles.